The van der Waals surface area contributed by atoms with Gasteiger partial charge in [-0.05, 0) is 55.8 Å². The van der Waals surface area contributed by atoms with Crippen LogP contribution < -0.4 is 5.32 Å². The van der Waals surface area contributed by atoms with E-state index >= 15 is 0 Å². The van der Waals surface area contributed by atoms with Crippen molar-refractivity contribution >= 4 is 28.9 Å². The molecule has 1 amide bonds. The van der Waals surface area contributed by atoms with Gasteiger partial charge in [0.1, 0.15) is 4.88 Å². The van der Waals surface area contributed by atoms with E-state index in [0.29, 0.717) is 4.88 Å². The Morgan fingerprint density at radius 1 is 0.964 bits per heavy atom. The summed E-state index contributed by atoms with van der Waals surface area (Å²) in [4.78, 5) is 25.7. The fourth-order valence-corrected chi connectivity index (χ4v) is 3.73. The van der Waals surface area contributed by atoms with Crippen LogP contribution in [-0.2, 0) is 9.53 Å². The van der Waals surface area contributed by atoms with Crippen LogP contribution in [0.4, 0.5) is 5.69 Å². The molecule has 0 fully saturated rings. The summed E-state index contributed by atoms with van der Waals surface area (Å²) in [6, 6.07) is 15.7. The van der Waals surface area contributed by atoms with Gasteiger partial charge in [0.05, 0.1) is 0 Å². The molecular formula is C23H23NO3S. The number of aryl methyl sites for hydroxylation is 3. The molecule has 0 aliphatic rings. The van der Waals surface area contributed by atoms with Gasteiger partial charge in [0, 0.05) is 11.3 Å². The van der Waals surface area contributed by atoms with Crippen molar-refractivity contribution < 1.29 is 14.3 Å². The quantitative estimate of drug-likeness (QED) is 0.580. The Morgan fingerprint density at radius 3 is 2.25 bits per heavy atom. The number of thiophene rings is 1. The standard InChI is InChI=1S/C23H23NO3S/c1-14-8-10-18(11-9-14)19-12-13-28-21(19)23(26)27-17(4)22(25)24-20-15(2)6-5-7-16(20)3/h5-13,17H,1-4H3,(H,24,25)/t17-/m0/s1. The number of anilines is 1. The molecule has 0 spiro atoms. The summed E-state index contributed by atoms with van der Waals surface area (Å²) in [7, 11) is 0. The molecule has 28 heavy (non-hydrogen) atoms. The van der Waals surface area contributed by atoms with E-state index in [9.17, 15) is 9.59 Å². The average Bonchev–Trinajstić information content (AvgIpc) is 3.15. The molecule has 1 N–H and O–H groups in total. The van der Waals surface area contributed by atoms with Gasteiger partial charge in [-0.3, -0.25) is 4.79 Å². The summed E-state index contributed by atoms with van der Waals surface area (Å²) in [6.45, 7) is 7.46. The van der Waals surface area contributed by atoms with E-state index in [1.165, 1.54) is 11.3 Å². The van der Waals surface area contributed by atoms with Gasteiger partial charge in [-0.2, -0.15) is 0 Å². The van der Waals surface area contributed by atoms with E-state index in [0.717, 1.165) is 33.5 Å². The Labute approximate surface area is 169 Å². The first-order valence-corrected chi connectivity index (χ1v) is 9.97. The van der Waals surface area contributed by atoms with Gasteiger partial charge < -0.3 is 10.1 Å². The van der Waals surface area contributed by atoms with Crippen molar-refractivity contribution in [1.29, 1.82) is 0 Å². The number of esters is 1. The van der Waals surface area contributed by atoms with Gasteiger partial charge in [0.2, 0.25) is 0 Å². The van der Waals surface area contributed by atoms with Gasteiger partial charge in [-0.15, -0.1) is 11.3 Å². The van der Waals surface area contributed by atoms with Crippen LogP contribution in [0.15, 0.2) is 53.9 Å². The average molecular weight is 394 g/mol. The Bertz CT molecular complexity index is 985. The van der Waals surface area contributed by atoms with Gasteiger partial charge in [0.15, 0.2) is 6.10 Å². The smallest absolute Gasteiger partial charge is 0.349 e. The molecule has 3 aromatic rings. The number of benzene rings is 2. The lowest BCUT2D eigenvalue weighted by molar-refractivity contribution is -0.123. The second-order valence-electron chi connectivity index (χ2n) is 6.83. The summed E-state index contributed by atoms with van der Waals surface area (Å²) < 4.78 is 5.45. The van der Waals surface area contributed by atoms with Crippen LogP contribution in [0.3, 0.4) is 0 Å². The lowest BCUT2D eigenvalue weighted by atomic mass is 10.1. The van der Waals surface area contributed by atoms with E-state index in [1.807, 2.05) is 74.7 Å². The molecular weight excluding hydrogens is 370 g/mol. The second-order valence-corrected chi connectivity index (χ2v) is 7.75. The molecule has 3 rings (SSSR count). The summed E-state index contributed by atoms with van der Waals surface area (Å²) >= 11 is 1.31. The summed E-state index contributed by atoms with van der Waals surface area (Å²) in [5.74, 6) is -0.839. The maximum absolute atomic E-state index is 12.7. The second kappa shape index (κ2) is 8.40. The number of nitrogens with one attached hydrogen (secondary N) is 1. The van der Waals surface area contributed by atoms with Gasteiger partial charge in [-0.1, -0.05) is 48.0 Å². The number of amides is 1. The lowest BCUT2D eigenvalue weighted by Crippen LogP contribution is -2.30. The van der Waals surface area contributed by atoms with Gasteiger partial charge >= 0.3 is 5.97 Å². The molecule has 0 aliphatic heterocycles. The topological polar surface area (TPSA) is 55.4 Å². The predicted molar refractivity (Wildman–Crippen MR) is 114 cm³/mol. The van der Waals surface area contributed by atoms with Crippen molar-refractivity contribution in [3.05, 3.63) is 75.5 Å². The molecule has 1 aromatic heterocycles. The number of ether oxygens (including phenoxy) is 1. The zero-order valence-electron chi connectivity index (χ0n) is 16.4. The van der Waals surface area contributed by atoms with Crippen LogP contribution in [-0.4, -0.2) is 18.0 Å². The molecule has 0 unspecified atom stereocenters. The van der Waals surface area contributed by atoms with Crippen LogP contribution in [0.5, 0.6) is 0 Å². The molecule has 1 atom stereocenters. The number of rotatable bonds is 5. The first kappa shape index (κ1) is 19.8. The molecule has 0 saturated carbocycles. The van der Waals surface area contributed by atoms with Crippen molar-refractivity contribution in [2.45, 2.75) is 33.8 Å². The van der Waals surface area contributed by atoms with Crippen molar-refractivity contribution in [1.82, 2.24) is 0 Å². The highest BCUT2D eigenvalue weighted by atomic mass is 32.1. The molecule has 0 bridgehead atoms. The maximum Gasteiger partial charge on any atom is 0.349 e. The minimum atomic E-state index is -0.903. The number of para-hydroxylation sites is 1. The minimum Gasteiger partial charge on any atom is -0.448 e. The van der Waals surface area contributed by atoms with Crippen LogP contribution >= 0.6 is 11.3 Å². The van der Waals surface area contributed by atoms with Gasteiger partial charge in [-0.25, -0.2) is 4.79 Å². The molecule has 1 heterocycles. The highest BCUT2D eigenvalue weighted by molar-refractivity contribution is 7.12. The fourth-order valence-electron chi connectivity index (χ4n) is 2.93. The summed E-state index contributed by atoms with van der Waals surface area (Å²) in [5.41, 5.74) is 5.61. The van der Waals surface area contributed by atoms with Crippen molar-refractivity contribution in [3.8, 4) is 11.1 Å². The molecule has 144 valence electrons. The molecule has 0 saturated heterocycles. The third-order valence-electron chi connectivity index (χ3n) is 4.60. The number of hydrogen-bond acceptors (Lipinski definition) is 4. The normalized spacial score (nSPS) is 11.7. The largest absolute Gasteiger partial charge is 0.448 e. The summed E-state index contributed by atoms with van der Waals surface area (Å²) in [5, 5.41) is 4.72. The van der Waals surface area contributed by atoms with Crippen LogP contribution in [0.1, 0.15) is 33.3 Å². The van der Waals surface area contributed by atoms with Crippen molar-refractivity contribution in [2.75, 3.05) is 5.32 Å². The van der Waals surface area contributed by atoms with E-state index < -0.39 is 12.1 Å². The SMILES string of the molecule is Cc1ccc(-c2ccsc2C(=O)O[C@@H](C)C(=O)Nc2c(C)cccc2C)cc1. The van der Waals surface area contributed by atoms with Crippen molar-refractivity contribution in [3.63, 3.8) is 0 Å². The highest BCUT2D eigenvalue weighted by Gasteiger charge is 2.23. The van der Waals surface area contributed by atoms with Crippen LogP contribution in [0.2, 0.25) is 0 Å². The van der Waals surface area contributed by atoms with E-state index in [1.54, 1.807) is 6.92 Å². The molecule has 5 heteroatoms. The first-order chi connectivity index (χ1) is 13.4. The third kappa shape index (κ3) is 4.31. The van der Waals surface area contributed by atoms with E-state index in [4.69, 9.17) is 4.74 Å². The number of carbonyl (C=O) groups is 2. The van der Waals surface area contributed by atoms with Crippen molar-refractivity contribution in [2.24, 2.45) is 0 Å². The summed E-state index contributed by atoms with van der Waals surface area (Å²) in [6.07, 6.45) is -0.903. The monoisotopic (exact) mass is 393 g/mol. The molecule has 4 nitrogen and oxygen atoms in total. The van der Waals surface area contributed by atoms with E-state index in [-0.39, 0.29) is 5.91 Å². The molecule has 0 aliphatic carbocycles. The predicted octanol–water partition coefficient (Wildman–Crippen LogP) is 5.52. The van der Waals surface area contributed by atoms with Crippen LogP contribution in [0.25, 0.3) is 11.1 Å². The van der Waals surface area contributed by atoms with Gasteiger partial charge in [0.25, 0.3) is 5.91 Å². The Balaban J connectivity index is 1.72. The Hall–Kier alpha value is -2.92. The molecule has 2 aromatic carbocycles. The first-order valence-electron chi connectivity index (χ1n) is 9.09. The zero-order chi connectivity index (χ0) is 20.3. The Kier molecular flexibility index (Phi) is 5.95. The fraction of sp³-hybridized carbons (Fsp3) is 0.217. The lowest BCUT2D eigenvalue weighted by Gasteiger charge is -2.16. The zero-order valence-corrected chi connectivity index (χ0v) is 17.2. The number of hydrogen-bond donors (Lipinski definition) is 1. The highest BCUT2D eigenvalue weighted by Crippen LogP contribution is 2.29. The molecule has 0 radical (unpaired) electrons. The third-order valence-corrected chi connectivity index (χ3v) is 5.49. The van der Waals surface area contributed by atoms with E-state index in [2.05, 4.69) is 5.32 Å². The Morgan fingerprint density at radius 2 is 1.61 bits per heavy atom. The number of carbonyl (C=O) groups excluding carboxylic acids is 2. The minimum absolute atomic E-state index is 0.348. The maximum atomic E-state index is 12.7. The van der Waals surface area contributed by atoms with Crippen LogP contribution in [0, 0.1) is 20.8 Å².